The summed E-state index contributed by atoms with van der Waals surface area (Å²) in [6.45, 7) is 3.86. The number of hydrogen-bond acceptors (Lipinski definition) is 8. The second-order valence-electron chi connectivity index (χ2n) is 14.5. The molecule has 0 radical (unpaired) electrons. The highest BCUT2D eigenvalue weighted by molar-refractivity contribution is 7.47. The summed E-state index contributed by atoms with van der Waals surface area (Å²) in [7, 11) is -4.61. The van der Waals surface area contributed by atoms with E-state index in [2.05, 4.69) is 38.2 Å². The first-order chi connectivity index (χ1) is 25.7. The number of hydrogen-bond donors (Lipinski definition) is 3. The molecule has 0 amide bonds. The molecule has 0 aliphatic carbocycles. The van der Waals surface area contributed by atoms with Crippen molar-refractivity contribution in [1.82, 2.24) is 0 Å². The van der Waals surface area contributed by atoms with Crippen molar-refractivity contribution in [1.29, 1.82) is 0 Å². The molecule has 0 rings (SSSR count). The highest BCUT2D eigenvalue weighted by Gasteiger charge is 2.27. The van der Waals surface area contributed by atoms with Gasteiger partial charge in [0.15, 0.2) is 0 Å². The molecule has 3 unspecified atom stereocenters. The maximum Gasteiger partial charge on any atom is 0.472 e. The Kier molecular flexibility index (Phi) is 37.6. The largest absolute Gasteiger partial charge is 0.480 e. The van der Waals surface area contributed by atoms with Crippen molar-refractivity contribution in [2.75, 3.05) is 26.4 Å². The number of unbranched alkanes of at least 4 members (excludes halogenated alkanes) is 23. The van der Waals surface area contributed by atoms with E-state index in [9.17, 15) is 19.0 Å². The van der Waals surface area contributed by atoms with Gasteiger partial charge >= 0.3 is 19.8 Å². The number of carbonyl (C=O) groups is 2. The van der Waals surface area contributed by atoms with Crippen LogP contribution < -0.4 is 5.73 Å². The lowest BCUT2D eigenvalue weighted by Crippen LogP contribution is -2.34. The van der Waals surface area contributed by atoms with E-state index in [1.54, 1.807) is 0 Å². The smallest absolute Gasteiger partial charge is 0.472 e. The summed E-state index contributed by atoms with van der Waals surface area (Å²) in [5.41, 5.74) is 5.35. The minimum atomic E-state index is -4.61. The van der Waals surface area contributed by atoms with Crippen LogP contribution in [0.4, 0.5) is 0 Å². The Labute approximate surface area is 324 Å². The Morgan fingerprint density at radius 3 is 1.57 bits per heavy atom. The maximum absolute atomic E-state index is 12.6. The molecule has 0 aromatic heterocycles. The van der Waals surface area contributed by atoms with Crippen LogP contribution in [0.2, 0.25) is 0 Å². The third-order valence-electron chi connectivity index (χ3n) is 9.23. The molecule has 0 aromatic carbocycles. The van der Waals surface area contributed by atoms with E-state index in [0.29, 0.717) is 13.0 Å². The van der Waals surface area contributed by atoms with Gasteiger partial charge in [-0.05, 0) is 44.9 Å². The molecule has 4 N–H and O–H groups in total. The average Bonchev–Trinajstić information content (AvgIpc) is 3.13. The molecule has 0 aliphatic heterocycles. The van der Waals surface area contributed by atoms with Crippen LogP contribution in [-0.2, 0) is 32.7 Å². The summed E-state index contributed by atoms with van der Waals surface area (Å²) in [5.74, 6) is -1.79. The van der Waals surface area contributed by atoms with Crippen LogP contribution in [0.1, 0.15) is 194 Å². The van der Waals surface area contributed by atoms with Gasteiger partial charge < -0.3 is 25.2 Å². The van der Waals surface area contributed by atoms with Crippen LogP contribution in [-0.4, -0.2) is 60.5 Å². The lowest BCUT2D eigenvalue weighted by molar-refractivity contribution is -0.154. The summed E-state index contributed by atoms with van der Waals surface area (Å²) in [6, 6.07) is -1.47. The van der Waals surface area contributed by atoms with Gasteiger partial charge in [-0.15, -0.1) is 0 Å². The predicted molar refractivity (Wildman–Crippen MR) is 217 cm³/mol. The molecular formula is C42H80NO9P. The molecule has 53 heavy (non-hydrogen) atoms. The number of ether oxygens (including phenoxy) is 2. The summed E-state index contributed by atoms with van der Waals surface area (Å²) in [5, 5.41) is 8.89. The number of aliphatic carboxylic acids is 1. The molecule has 3 atom stereocenters. The molecule has 11 heteroatoms. The second-order valence-corrected chi connectivity index (χ2v) is 15.9. The number of nitrogens with two attached hydrogens (primary N) is 1. The van der Waals surface area contributed by atoms with Crippen LogP contribution in [0.25, 0.3) is 0 Å². The normalized spacial score (nSPS) is 14.2. The molecule has 312 valence electrons. The van der Waals surface area contributed by atoms with Crippen molar-refractivity contribution in [3.8, 4) is 0 Å². The maximum atomic E-state index is 12.6. The molecule has 0 bridgehead atoms. The zero-order valence-corrected chi connectivity index (χ0v) is 34.8. The minimum absolute atomic E-state index is 0.0152. The highest BCUT2D eigenvalue weighted by atomic mass is 31.2. The number of carboxylic acid groups (broad SMARTS) is 1. The zero-order chi connectivity index (χ0) is 39.1. The second kappa shape index (κ2) is 38.7. The number of esters is 1. The average molecular weight is 774 g/mol. The van der Waals surface area contributed by atoms with Gasteiger partial charge in [0.25, 0.3) is 0 Å². The first-order valence-corrected chi connectivity index (χ1v) is 22.9. The van der Waals surface area contributed by atoms with Crippen molar-refractivity contribution in [2.45, 2.75) is 206 Å². The first-order valence-electron chi connectivity index (χ1n) is 21.4. The van der Waals surface area contributed by atoms with Crippen molar-refractivity contribution in [2.24, 2.45) is 5.73 Å². The monoisotopic (exact) mass is 774 g/mol. The Morgan fingerprint density at radius 2 is 1.04 bits per heavy atom. The molecule has 0 heterocycles. The van der Waals surface area contributed by atoms with Crippen molar-refractivity contribution in [3.63, 3.8) is 0 Å². The van der Waals surface area contributed by atoms with Gasteiger partial charge in [0, 0.05) is 13.0 Å². The van der Waals surface area contributed by atoms with Crippen LogP contribution in [0, 0.1) is 0 Å². The van der Waals surface area contributed by atoms with Gasteiger partial charge in [-0.2, -0.15) is 0 Å². The third kappa shape index (κ3) is 38.5. The van der Waals surface area contributed by atoms with Crippen LogP contribution in [0.15, 0.2) is 24.3 Å². The van der Waals surface area contributed by atoms with Crippen molar-refractivity contribution in [3.05, 3.63) is 24.3 Å². The van der Waals surface area contributed by atoms with Crippen LogP contribution >= 0.6 is 7.82 Å². The van der Waals surface area contributed by atoms with E-state index < -0.39 is 45.1 Å². The van der Waals surface area contributed by atoms with E-state index in [0.717, 1.165) is 57.8 Å². The van der Waals surface area contributed by atoms with E-state index in [-0.39, 0.29) is 13.0 Å². The Balaban J connectivity index is 4.25. The molecule has 0 saturated carbocycles. The Hall–Kier alpha value is -1.55. The molecule has 10 nitrogen and oxygen atoms in total. The summed E-state index contributed by atoms with van der Waals surface area (Å²) < 4.78 is 33.3. The molecular weight excluding hydrogens is 693 g/mol. The lowest BCUT2D eigenvalue weighted by atomic mass is 10.0. The quantitative estimate of drug-likeness (QED) is 0.0237. The van der Waals surface area contributed by atoms with Gasteiger partial charge in [-0.1, -0.05) is 167 Å². The molecule has 0 aliphatic rings. The molecule has 0 saturated heterocycles. The van der Waals surface area contributed by atoms with E-state index in [1.165, 1.54) is 109 Å². The topological polar surface area (TPSA) is 155 Å². The number of phosphoric ester groups is 1. The van der Waals surface area contributed by atoms with Crippen molar-refractivity contribution >= 4 is 19.8 Å². The number of carbonyl (C=O) groups excluding carboxylic acids is 1. The predicted octanol–water partition coefficient (Wildman–Crippen LogP) is 11.5. The van der Waals surface area contributed by atoms with E-state index >= 15 is 0 Å². The number of allylic oxidation sites excluding steroid dienone is 4. The number of carboxylic acids is 1. The fraction of sp³-hybridized carbons (Fsp3) is 0.857. The summed E-state index contributed by atoms with van der Waals surface area (Å²) in [6.07, 6.45) is 40.8. The zero-order valence-electron chi connectivity index (χ0n) is 33.9. The highest BCUT2D eigenvalue weighted by Crippen LogP contribution is 2.43. The molecule has 0 aromatic rings. The number of rotatable bonds is 41. The van der Waals surface area contributed by atoms with E-state index in [4.69, 9.17) is 29.4 Å². The van der Waals surface area contributed by atoms with Crippen LogP contribution in [0.3, 0.4) is 0 Å². The van der Waals surface area contributed by atoms with Gasteiger partial charge in [-0.25, -0.2) is 4.57 Å². The van der Waals surface area contributed by atoms with Gasteiger partial charge in [-0.3, -0.25) is 18.6 Å². The number of phosphoric acid groups is 1. The van der Waals surface area contributed by atoms with Crippen molar-refractivity contribution < 1.29 is 42.7 Å². The van der Waals surface area contributed by atoms with Crippen LogP contribution in [0.5, 0.6) is 0 Å². The molecule has 0 spiro atoms. The Bertz CT molecular complexity index is 946. The molecule has 0 fully saturated rings. The SMILES string of the molecule is CCCCC/C=C\C/C=C\CCCCCCCC(=O)OC(COCCCCCCCCCCCCCCCCCC)COP(=O)(O)OCC(N)C(=O)O. The fourth-order valence-corrected chi connectivity index (χ4v) is 6.65. The Morgan fingerprint density at radius 1 is 0.604 bits per heavy atom. The minimum Gasteiger partial charge on any atom is -0.480 e. The van der Waals surface area contributed by atoms with Gasteiger partial charge in [0.1, 0.15) is 12.1 Å². The first kappa shape index (κ1) is 51.5. The van der Waals surface area contributed by atoms with Gasteiger partial charge in [0.05, 0.1) is 19.8 Å². The fourth-order valence-electron chi connectivity index (χ4n) is 5.87. The standard InChI is InChI=1S/C42H80NO9P/c1-3-5-7-9-11-13-15-17-19-21-23-25-27-29-31-33-35-49-36-39(37-50-53(47,48)51-38-40(43)42(45)46)52-41(44)34-32-30-28-26-24-22-20-18-16-14-12-10-8-6-4-2/h12,14,18,20,39-40H,3-11,13,15-17,19,21-38,43H2,1-2H3,(H,45,46)(H,47,48)/b14-12-,20-18-. The third-order valence-corrected chi connectivity index (χ3v) is 10.2. The summed E-state index contributed by atoms with van der Waals surface area (Å²) >= 11 is 0. The van der Waals surface area contributed by atoms with E-state index in [1.807, 2.05) is 0 Å². The summed E-state index contributed by atoms with van der Waals surface area (Å²) in [4.78, 5) is 33.5. The van der Waals surface area contributed by atoms with Gasteiger partial charge in [0.2, 0.25) is 0 Å². The lowest BCUT2D eigenvalue weighted by Gasteiger charge is -2.20.